The Morgan fingerprint density at radius 2 is 1.60 bits per heavy atom. The summed E-state index contributed by atoms with van der Waals surface area (Å²) in [7, 11) is 3.75. The number of rotatable bonds is 5. The number of allylic oxidation sites excluding steroid dienone is 4. The van der Waals surface area contributed by atoms with Gasteiger partial charge in [0.2, 0.25) is 0 Å². The summed E-state index contributed by atoms with van der Waals surface area (Å²) in [5, 5.41) is 6.18. The topological polar surface area (TPSA) is 24.1 Å². The van der Waals surface area contributed by atoms with Gasteiger partial charge in [0.05, 0.1) is 11.4 Å². The second kappa shape index (κ2) is 6.12. The van der Waals surface area contributed by atoms with Gasteiger partial charge in [-0.05, 0) is 37.5 Å². The van der Waals surface area contributed by atoms with E-state index in [1.807, 2.05) is 27.9 Å². The summed E-state index contributed by atoms with van der Waals surface area (Å²) in [6.45, 7) is 14.1. The molecule has 0 atom stereocenters. The Bertz CT molecular complexity index is 319. The molecule has 0 aromatic heterocycles. The molecule has 0 unspecified atom stereocenters. The van der Waals surface area contributed by atoms with Crippen LogP contribution in [0.3, 0.4) is 0 Å². The number of hydrogen-bond acceptors (Lipinski definition) is 2. The van der Waals surface area contributed by atoms with E-state index in [2.05, 4.69) is 36.8 Å². The third-order valence-corrected chi connectivity index (χ3v) is 2.59. The van der Waals surface area contributed by atoms with Crippen LogP contribution in [0.5, 0.6) is 0 Å². The van der Waals surface area contributed by atoms with Crippen LogP contribution in [0.2, 0.25) is 0 Å². The van der Waals surface area contributed by atoms with Crippen molar-refractivity contribution in [1.82, 2.24) is 10.6 Å². The second-order valence-electron chi connectivity index (χ2n) is 3.43. The second-order valence-corrected chi connectivity index (χ2v) is 3.43. The van der Waals surface area contributed by atoms with E-state index in [0.717, 1.165) is 22.5 Å². The molecule has 0 amide bonds. The fourth-order valence-electron chi connectivity index (χ4n) is 1.31. The third-order valence-electron chi connectivity index (χ3n) is 2.59. The molecule has 0 saturated carbocycles. The number of hydrogen-bond donors (Lipinski definition) is 2. The van der Waals surface area contributed by atoms with Crippen LogP contribution in [0.4, 0.5) is 0 Å². The standard InChI is InChI=1S/C13H22N2/c1-8-9(2)10(3)11(4)13(15-7)12(5)14-6/h8,14-15H,3,5H2,1-2,4,6-7H3/b9-8-,13-11-. The van der Waals surface area contributed by atoms with Crippen molar-refractivity contribution in [2.45, 2.75) is 20.8 Å². The van der Waals surface area contributed by atoms with E-state index in [0.29, 0.717) is 0 Å². The van der Waals surface area contributed by atoms with E-state index in [9.17, 15) is 0 Å². The van der Waals surface area contributed by atoms with Gasteiger partial charge in [-0.2, -0.15) is 0 Å². The normalized spacial score (nSPS) is 13.0. The van der Waals surface area contributed by atoms with Crippen LogP contribution in [0.25, 0.3) is 0 Å². The minimum Gasteiger partial charge on any atom is -0.387 e. The third kappa shape index (κ3) is 3.31. The van der Waals surface area contributed by atoms with Crippen LogP contribution in [-0.4, -0.2) is 14.1 Å². The average Bonchev–Trinajstić information content (AvgIpc) is 2.27. The van der Waals surface area contributed by atoms with Crippen molar-refractivity contribution < 1.29 is 0 Å². The smallest absolute Gasteiger partial charge is 0.0602 e. The highest BCUT2D eigenvalue weighted by molar-refractivity contribution is 5.48. The molecule has 0 saturated heterocycles. The molecule has 0 rings (SSSR count). The number of nitrogens with one attached hydrogen (secondary N) is 2. The zero-order valence-electron chi connectivity index (χ0n) is 10.5. The van der Waals surface area contributed by atoms with Gasteiger partial charge in [-0.1, -0.05) is 19.2 Å². The molecule has 0 radical (unpaired) electrons. The maximum atomic E-state index is 4.08. The van der Waals surface area contributed by atoms with Crippen LogP contribution >= 0.6 is 0 Å². The largest absolute Gasteiger partial charge is 0.387 e. The van der Waals surface area contributed by atoms with Gasteiger partial charge in [-0.3, -0.25) is 0 Å². The molecule has 2 N–H and O–H groups in total. The average molecular weight is 206 g/mol. The molecule has 2 nitrogen and oxygen atoms in total. The minimum absolute atomic E-state index is 0.875. The minimum atomic E-state index is 0.875. The molecule has 0 fully saturated rings. The zero-order valence-corrected chi connectivity index (χ0v) is 10.5. The maximum Gasteiger partial charge on any atom is 0.0602 e. The van der Waals surface area contributed by atoms with Crippen molar-refractivity contribution >= 4 is 0 Å². The van der Waals surface area contributed by atoms with E-state index in [4.69, 9.17) is 0 Å². The predicted molar refractivity (Wildman–Crippen MR) is 68.5 cm³/mol. The van der Waals surface area contributed by atoms with E-state index < -0.39 is 0 Å². The monoisotopic (exact) mass is 206 g/mol. The molecule has 0 aliphatic heterocycles. The first kappa shape index (κ1) is 13.6. The fraction of sp³-hybridized carbons (Fsp3) is 0.385. The molecule has 15 heavy (non-hydrogen) atoms. The number of likely N-dealkylation sites (N-methyl/N-ethyl adjacent to an activating group) is 2. The van der Waals surface area contributed by atoms with Gasteiger partial charge in [0, 0.05) is 14.1 Å². The summed E-state index contributed by atoms with van der Waals surface area (Å²) in [4.78, 5) is 0. The Kier molecular flexibility index (Phi) is 5.53. The van der Waals surface area contributed by atoms with E-state index in [-0.39, 0.29) is 0 Å². The lowest BCUT2D eigenvalue weighted by Gasteiger charge is -2.16. The lowest BCUT2D eigenvalue weighted by atomic mass is 9.99. The van der Waals surface area contributed by atoms with Crippen LogP contribution in [0.15, 0.2) is 47.3 Å². The molecule has 0 aromatic carbocycles. The van der Waals surface area contributed by atoms with Crippen LogP contribution in [0, 0.1) is 0 Å². The summed E-state index contributed by atoms with van der Waals surface area (Å²) in [5.74, 6) is 0. The Hall–Kier alpha value is -1.44. The Morgan fingerprint density at radius 3 is 1.93 bits per heavy atom. The first-order chi connectivity index (χ1) is 6.99. The molecular weight excluding hydrogens is 184 g/mol. The molecule has 0 spiro atoms. The van der Waals surface area contributed by atoms with Crippen molar-refractivity contribution in [2.24, 2.45) is 0 Å². The van der Waals surface area contributed by atoms with Crippen LogP contribution in [0.1, 0.15) is 20.8 Å². The summed E-state index contributed by atoms with van der Waals surface area (Å²) >= 11 is 0. The molecule has 0 aliphatic carbocycles. The van der Waals surface area contributed by atoms with Gasteiger partial charge < -0.3 is 10.6 Å². The van der Waals surface area contributed by atoms with Gasteiger partial charge in [0.15, 0.2) is 0 Å². The Labute approximate surface area is 93.5 Å². The molecule has 0 heterocycles. The molecule has 0 aliphatic rings. The predicted octanol–water partition coefficient (Wildman–Crippen LogP) is 2.74. The Balaban J connectivity index is 5.21. The summed E-state index contributed by atoms with van der Waals surface area (Å²) in [5.41, 5.74) is 5.22. The highest BCUT2D eigenvalue weighted by Gasteiger charge is 2.07. The molecule has 0 aromatic rings. The van der Waals surface area contributed by atoms with Crippen molar-refractivity contribution in [3.63, 3.8) is 0 Å². The van der Waals surface area contributed by atoms with Gasteiger partial charge in [-0.25, -0.2) is 0 Å². The SMILES string of the molecule is C=C(/C(C)=C\C)/C(C)=C(\NC)C(=C)NC. The fourth-order valence-corrected chi connectivity index (χ4v) is 1.31. The first-order valence-electron chi connectivity index (χ1n) is 5.07. The Morgan fingerprint density at radius 1 is 1.07 bits per heavy atom. The van der Waals surface area contributed by atoms with E-state index in [1.54, 1.807) is 0 Å². The molecule has 0 bridgehead atoms. The van der Waals surface area contributed by atoms with Gasteiger partial charge >= 0.3 is 0 Å². The maximum absolute atomic E-state index is 4.08. The van der Waals surface area contributed by atoms with Gasteiger partial charge in [0.25, 0.3) is 0 Å². The van der Waals surface area contributed by atoms with Crippen molar-refractivity contribution in [3.05, 3.63) is 47.3 Å². The van der Waals surface area contributed by atoms with Crippen molar-refractivity contribution in [2.75, 3.05) is 14.1 Å². The highest BCUT2D eigenvalue weighted by atomic mass is 14.9. The van der Waals surface area contributed by atoms with Gasteiger partial charge in [0.1, 0.15) is 0 Å². The van der Waals surface area contributed by atoms with Crippen LogP contribution in [-0.2, 0) is 0 Å². The molecular formula is C13H22N2. The quantitative estimate of drug-likeness (QED) is 0.676. The van der Waals surface area contributed by atoms with E-state index in [1.165, 1.54) is 5.57 Å². The lowest BCUT2D eigenvalue weighted by molar-refractivity contribution is 0.895. The molecule has 2 heteroatoms. The summed E-state index contributed by atoms with van der Waals surface area (Å²) in [6, 6.07) is 0. The summed E-state index contributed by atoms with van der Waals surface area (Å²) in [6.07, 6.45) is 2.06. The highest BCUT2D eigenvalue weighted by Crippen LogP contribution is 2.20. The first-order valence-corrected chi connectivity index (χ1v) is 5.07. The van der Waals surface area contributed by atoms with Crippen molar-refractivity contribution in [3.8, 4) is 0 Å². The molecule has 84 valence electrons. The zero-order chi connectivity index (χ0) is 12.0. The van der Waals surface area contributed by atoms with Gasteiger partial charge in [-0.15, -0.1) is 0 Å². The van der Waals surface area contributed by atoms with Crippen molar-refractivity contribution in [1.29, 1.82) is 0 Å². The lowest BCUT2D eigenvalue weighted by Crippen LogP contribution is -2.18. The van der Waals surface area contributed by atoms with E-state index >= 15 is 0 Å². The van der Waals surface area contributed by atoms with Crippen LogP contribution < -0.4 is 10.6 Å². The summed E-state index contributed by atoms with van der Waals surface area (Å²) < 4.78 is 0.